The highest BCUT2D eigenvalue weighted by molar-refractivity contribution is 7.99. The van der Waals surface area contributed by atoms with Crippen LogP contribution in [0.5, 0.6) is 0 Å². The summed E-state index contributed by atoms with van der Waals surface area (Å²) in [4.78, 5) is 32.5. The van der Waals surface area contributed by atoms with E-state index < -0.39 is 0 Å². The van der Waals surface area contributed by atoms with Crippen LogP contribution in [-0.4, -0.2) is 58.5 Å². The Balaban J connectivity index is 1.28. The molecule has 126 valence electrons. The second kappa shape index (κ2) is 6.47. The summed E-state index contributed by atoms with van der Waals surface area (Å²) in [5, 5.41) is 0.520. The molecule has 0 N–H and O–H groups in total. The molecule has 4 rings (SSSR count). The molecule has 1 aliphatic heterocycles. The van der Waals surface area contributed by atoms with Crippen LogP contribution >= 0.6 is 11.8 Å². The van der Waals surface area contributed by atoms with E-state index in [1.54, 1.807) is 0 Å². The largest absolute Gasteiger partial charge is 0.431 e. The Morgan fingerprint density at radius 1 is 1.12 bits per heavy atom. The second-order valence-electron chi connectivity index (χ2n) is 6.22. The van der Waals surface area contributed by atoms with Gasteiger partial charge >= 0.3 is 0 Å². The fraction of sp³-hybridized carbons (Fsp3) is 0.471. The predicted octanol–water partition coefficient (Wildman–Crippen LogP) is 2.00. The van der Waals surface area contributed by atoms with E-state index in [1.807, 2.05) is 34.1 Å². The summed E-state index contributed by atoms with van der Waals surface area (Å²) in [5.41, 5.74) is 1.54. The summed E-state index contributed by atoms with van der Waals surface area (Å²) in [6.07, 6.45) is 2.05. The summed E-state index contributed by atoms with van der Waals surface area (Å²) in [6, 6.07) is 7.56. The molecule has 2 heterocycles. The van der Waals surface area contributed by atoms with Crippen LogP contribution < -0.4 is 0 Å². The lowest BCUT2D eigenvalue weighted by atomic mass is 10.2. The van der Waals surface area contributed by atoms with Crippen LogP contribution in [0.4, 0.5) is 0 Å². The Morgan fingerprint density at radius 2 is 1.83 bits per heavy atom. The van der Waals surface area contributed by atoms with Crippen LogP contribution in [0.25, 0.3) is 11.1 Å². The lowest BCUT2D eigenvalue weighted by Gasteiger charge is -2.34. The molecule has 2 amide bonds. The van der Waals surface area contributed by atoms with Gasteiger partial charge in [-0.1, -0.05) is 23.9 Å². The zero-order valence-electron chi connectivity index (χ0n) is 13.3. The normalized spacial score (nSPS) is 18.2. The fourth-order valence-corrected chi connectivity index (χ4v) is 3.63. The Morgan fingerprint density at radius 3 is 2.54 bits per heavy atom. The van der Waals surface area contributed by atoms with Crippen molar-refractivity contribution in [1.82, 2.24) is 14.8 Å². The van der Waals surface area contributed by atoms with E-state index in [0.29, 0.717) is 37.2 Å². The van der Waals surface area contributed by atoms with Gasteiger partial charge in [-0.05, 0) is 25.0 Å². The van der Waals surface area contributed by atoms with Crippen molar-refractivity contribution in [3.63, 3.8) is 0 Å². The predicted molar refractivity (Wildman–Crippen MR) is 90.6 cm³/mol. The van der Waals surface area contributed by atoms with E-state index in [0.717, 1.165) is 23.9 Å². The molecule has 2 aromatic rings. The van der Waals surface area contributed by atoms with Crippen molar-refractivity contribution in [2.45, 2.75) is 18.1 Å². The minimum absolute atomic E-state index is 0.0702. The number of benzene rings is 1. The molecule has 0 spiro atoms. The van der Waals surface area contributed by atoms with E-state index in [9.17, 15) is 9.59 Å². The van der Waals surface area contributed by atoms with E-state index >= 15 is 0 Å². The van der Waals surface area contributed by atoms with Gasteiger partial charge in [-0.25, -0.2) is 4.98 Å². The number of hydrogen-bond donors (Lipinski definition) is 0. The summed E-state index contributed by atoms with van der Waals surface area (Å²) in [6.45, 7) is 2.53. The summed E-state index contributed by atoms with van der Waals surface area (Å²) >= 11 is 1.32. The first kappa shape index (κ1) is 15.5. The van der Waals surface area contributed by atoms with Crippen molar-refractivity contribution in [3.05, 3.63) is 24.3 Å². The van der Waals surface area contributed by atoms with Crippen LogP contribution in [0.15, 0.2) is 33.9 Å². The quantitative estimate of drug-likeness (QED) is 0.793. The molecule has 1 saturated carbocycles. The van der Waals surface area contributed by atoms with Gasteiger partial charge in [0, 0.05) is 32.1 Å². The highest BCUT2D eigenvalue weighted by Gasteiger charge is 2.35. The molecule has 7 heteroatoms. The molecule has 2 aliphatic rings. The lowest BCUT2D eigenvalue weighted by molar-refractivity contribution is -0.139. The van der Waals surface area contributed by atoms with E-state index in [-0.39, 0.29) is 17.7 Å². The maximum atomic E-state index is 12.3. The third-order valence-corrected chi connectivity index (χ3v) is 5.28. The maximum absolute atomic E-state index is 12.3. The molecule has 24 heavy (non-hydrogen) atoms. The molecule has 2 fully saturated rings. The molecular weight excluding hydrogens is 326 g/mol. The summed E-state index contributed by atoms with van der Waals surface area (Å²) in [5.74, 6) is 0.898. The minimum Gasteiger partial charge on any atom is -0.431 e. The molecule has 0 atom stereocenters. The molecule has 0 bridgehead atoms. The lowest BCUT2D eigenvalue weighted by Crippen LogP contribution is -2.51. The van der Waals surface area contributed by atoms with Crippen LogP contribution in [0.2, 0.25) is 0 Å². The third-order valence-electron chi connectivity index (χ3n) is 4.46. The molecule has 1 aromatic carbocycles. The maximum Gasteiger partial charge on any atom is 0.257 e. The van der Waals surface area contributed by atoms with Gasteiger partial charge in [0.1, 0.15) is 5.52 Å². The van der Waals surface area contributed by atoms with Gasteiger partial charge in [0.05, 0.1) is 5.75 Å². The smallest absolute Gasteiger partial charge is 0.257 e. The fourth-order valence-electron chi connectivity index (χ4n) is 2.89. The van der Waals surface area contributed by atoms with Crippen LogP contribution in [0.1, 0.15) is 12.8 Å². The SMILES string of the molecule is O=C(CSc1nc2ccccc2o1)N1CCN(C(=O)C2CC2)CC1. The second-order valence-corrected chi connectivity index (χ2v) is 7.14. The summed E-state index contributed by atoms with van der Waals surface area (Å²) in [7, 11) is 0. The number of nitrogens with zero attached hydrogens (tertiary/aromatic N) is 3. The van der Waals surface area contributed by atoms with Crippen molar-refractivity contribution >= 4 is 34.7 Å². The van der Waals surface area contributed by atoms with Gasteiger partial charge in [-0.3, -0.25) is 9.59 Å². The molecule has 1 aromatic heterocycles. The molecule has 0 unspecified atom stereocenters. The van der Waals surface area contributed by atoms with Gasteiger partial charge < -0.3 is 14.2 Å². The van der Waals surface area contributed by atoms with Gasteiger partial charge in [-0.15, -0.1) is 0 Å². The zero-order chi connectivity index (χ0) is 16.5. The number of piperazine rings is 1. The molecule has 6 nitrogen and oxygen atoms in total. The Labute approximate surface area is 144 Å². The third kappa shape index (κ3) is 3.26. The van der Waals surface area contributed by atoms with Crippen molar-refractivity contribution in [2.24, 2.45) is 5.92 Å². The number of aromatic nitrogens is 1. The topological polar surface area (TPSA) is 66.7 Å². The van der Waals surface area contributed by atoms with Gasteiger partial charge in [0.2, 0.25) is 11.8 Å². The Kier molecular flexibility index (Phi) is 4.18. The Hall–Kier alpha value is -2.02. The van der Waals surface area contributed by atoms with E-state index in [2.05, 4.69) is 4.98 Å². The molecule has 0 radical (unpaired) electrons. The number of oxazole rings is 1. The van der Waals surface area contributed by atoms with Crippen LogP contribution in [0, 0.1) is 5.92 Å². The summed E-state index contributed by atoms with van der Waals surface area (Å²) < 4.78 is 5.62. The Bertz CT molecular complexity index is 730. The van der Waals surface area contributed by atoms with Gasteiger partial charge in [0.15, 0.2) is 5.58 Å². The standard InChI is InChI=1S/C17H19N3O3S/c21-15(11-24-17-18-13-3-1-2-4-14(13)23-17)19-7-9-20(10-8-19)16(22)12-5-6-12/h1-4,12H,5-11H2. The molecule has 1 saturated heterocycles. The number of thioether (sulfide) groups is 1. The van der Waals surface area contributed by atoms with Crippen molar-refractivity contribution in [2.75, 3.05) is 31.9 Å². The molecular formula is C17H19N3O3S. The van der Waals surface area contributed by atoms with E-state index in [4.69, 9.17) is 4.42 Å². The van der Waals surface area contributed by atoms with E-state index in [1.165, 1.54) is 11.8 Å². The van der Waals surface area contributed by atoms with Gasteiger partial charge in [-0.2, -0.15) is 0 Å². The van der Waals surface area contributed by atoms with Gasteiger partial charge in [0.25, 0.3) is 5.22 Å². The first-order chi connectivity index (χ1) is 11.7. The monoisotopic (exact) mass is 345 g/mol. The molecule has 1 aliphatic carbocycles. The van der Waals surface area contributed by atoms with Crippen LogP contribution in [-0.2, 0) is 9.59 Å². The number of carbonyl (C=O) groups is 2. The number of amides is 2. The first-order valence-electron chi connectivity index (χ1n) is 8.25. The minimum atomic E-state index is 0.0702. The zero-order valence-corrected chi connectivity index (χ0v) is 14.1. The average Bonchev–Trinajstić information content (AvgIpc) is 3.38. The average molecular weight is 345 g/mol. The number of fused-ring (bicyclic) bond motifs is 1. The number of rotatable bonds is 4. The van der Waals surface area contributed by atoms with Crippen LogP contribution in [0.3, 0.4) is 0 Å². The highest BCUT2D eigenvalue weighted by Crippen LogP contribution is 2.31. The number of hydrogen-bond acceptors (Lipinski definition) is 5. The highest BCUT2D eigenvalue weighted by atomic mass is 32.2. The first-order valence-corrected chi connectivity index (χ1v) is 9.24. The number of carbonyl (C=O) groups excluding carboxylic acids is 2. The van der Waals surface area contributed by atoms with Crippen molar-refractivity contribution in [1.29, 1.82) is 0 Å². The van der Waals surface area contributed by atoms with Crippen molar-refractivity contribution < 1.29 is 14.0 Å². The van der Waals surface area contributed by atoms with Crippen molar-refractivity contribution in [3.8, 4) is 0 Å². The number of para-hydroxylation sites is 2.